The molecule has 2 fully saturated rings. The number of anilines is 1. The maximum atomic E-state index is 12.6. The van der Waals surface area contributed by atoms with E-state index in [1.54, 1.807) is 0 Å². The second kappa shape index (κ2) is 16.8. The number of nitrogens with two attached hydrogens (primary N) is 2. The highest BCUT2D eigenvalue weighted by atomic mass is 31.3. The van der Waals surface area contributed by atoms with Crippen molar-refractivity contribution in [2.75, 3.05) is 38.2 Å². The summed E-state index contributed by atoms with van der Waals surface area (Å²) in [6, 6.07) is 2.82. The highest BCUT2D eigenvalue weighted by Gasteiger charge is 2.50. The SMILES string of the molecule is NCC(O)CNC(=O)CNc1ncnc2c1ncn2[C@@H]1O[C@H](COP(=O)(O)OP(=O)(O)OC[C@H]2O[C@@H]([n+]3cccc(C(N)=O)c3)[C@H](O)[C@@H]2O)[C@@H](O)[C@H]1O. The van der Waals surface area contributed by atoms with Gasteiger partial charge in [0.15, 0.2) is 41.7 Å². The molecule has 0 aromatic carbocycles. The first-order valence-corrected chi connectivity index (χ1v) is 18.6. The average molecular weight is 795 g/mol. The Morgan fingerprint density at radius 2 is 1.66 bits per heavy atom. The normalized spacial score (nSPS) is 28.7. The maximum Gasteiger partial charge on any atom is 0.481 e. The van der Waals surface area contributed by atoms with Gasteiger partial charge in [-0.15, -0.1) is 0 Å². The number of carbonyl (C=O) groups is 2. The number of hydrogen-bond acceptors (Lipinski definition) is 19. The van der Waals surface area contributed by atoms with Crippen LogP contribution in [0.1, 0.15) is 22.8 Å². The van der Waals surface area contributed by atoms with Gasteiger partial charge in [-0.2, -0.15) is 8.88 Å². The summed E-state index contributed by atoms with van der Waals surface area (Å²) in [5.41, 5.74) is 10.8. The number of aromatic nitrogens is 5. The van der Waals surface area contributed by atoms with Crippen LogP contribution in [0.4, 0.5) is 5.82 Å². The number of aliphatic hydroxyl groups excluding tert-OH is 5. The van der Waals surface area contributed by atoms with E-state index in [4.69, 9.17) is 30.0 Å². The smallest absolute Gasteiger partial charge is 0.390 e. The standard InChI is InChI=1S/C26H37N9O16P2/c27-4-13(36)5-29-16(37)6-30-23-17-24(32-10-31-23)35(11-33-17)26-21(41)19(39)15(50-26)9-48-53(45,46)51-52(43,44)47-8-14-18(38)20(40)25(49-14)34-3-1-2-12(7-34)22(28)42/h1-3,7,10-11,13-15,18-21,25-26,36,38-41H,4-6,8-9,27H2,(H5-,28,29,30,31,32,37,42,43,44,45,46)/p+1/t13?,14-,15-,18-,19-,20-,21-,25-,26-/m1/s1. The lowest BCUT2D eigenvalue weighted by Crippen LogP contribution is -2.46. The minimum atomic E-state index is -5.44. The number of phosphoric ester groups is 2. The first-order valence-electron chi connectivity index (χ1n) is 15.6. The molecular formula is C26H38N9O16P2+. The Labute approximate surface area is 298 Å². The van der Waals surface area contributed by atoms with Gasteiger partial charge in [-0.3, -0.25) is 23.2 Å². The first-order chi connectivity index (χ1) is 25.0. The van der Waals surface area contributed by atoms with Gasteiger partial charge in [0.05, 0.1) is 32.2 Å². The summed E-state index contributed by atoms with van der Waals surface area (Å²) in [6.45, 7) is -2.25. The van der Waals surface area contributed by atoms with Gasteiger partial charge in [0.1, 0.15) is 42.4 Å². The van der Waals surface area contributed by atoms with E-state index in [-0.39, 0.29) is 42.2 Å². The van der Waals surface area contributed by atoms with Crippen molar-refractivity contribution < 1.29 is 81.4 Å². The molecule has 3 unspecified atom stereocenters. The van der Waals surface area contributed by atoms with Crippen molar-refractivity contribution in [2.45, 2.75) is 55.2 Å². The van der Waals surface area contributed by atoms with E-state index >= 15 is 0 Å². The van der Waals surface area contributed by atoms with Gasteiger partial charge in [-0.05, 0) is 6.07 Å². The van der Waals surface area contributed by atoms with Gasteiger partial charge >= 0.3 is 15.6 Å². The van der Waals surface area contributed by atoms with E-state index in [1.165, 1.54) is 40.0 Å². The summed E-state index contributed by atoms with van der Waals surface area (Å²) >= 11 is 0. The number of nitrogens with zero attached hydrogens (tertiary/aromatic N) is 5. The zero-order valence-electron chi connectivity index (χ0n) is 27.3. The number of pyridine rings is 1. The van der Waals surface area contributed by atoms with Crippen LogP contribution in [0.2, 0.25) is 0 Å². The molecule has 0 spiro atoms. The van der Waals surface area contributed by atoms with Crippen LogP contribution in [0.15, 0.2) is 37.2 Å². The van der Waals surface area contributed by atoms with E-state index in [0.29, 0.717) is 0 Å². The third-order valence-electron chi connectivity index (χ3n) is 7.94. The fourth-order valence-electron chi connectivity index (χ4n) is 5.23. The molecule has 3 aromatic heterocycles. The molecule has 11 atom stereocenters. The van der Waals surface area contributed by atoms with Gasteiger partial charge in [0.2, 0.25) is 5.91 Å². The average Bonchev–Trinajstić information content (AvgIpc) is 3.76. The molecule has 2 amide bonds. The summed E-state index contributed by atoms with van der Waals surface area (Å²) in [6.07, 6.45) is -8.30. The van der Waals surface area contributed by atoms with Crippen molar-refractivity contribution in [3.05, 3.63) is 42.7 Å². The number of hydrogen-bond donors (Lipinski definition) is 11. The minimum Gasteiger partial charge on any atom is -0.390 e. The van der Waals surface area contributed by atoms with Crippen LogP contribution in [-0.4, -0.2) is 142 Å². The predicted octanol–water partition coefficient (Wildman–Crippen LogP) is -4.75. The van der Waals surface area contributed by atoms with Crippen LogP contribution in [0, 0.1) is 0 Å². The number of primary amides is 1. The van der Waals surface area contributed by atoms with Gasteiger partial charge in [-0.1, -0.05) is 0 Å². The largest absolute Gasteiger partial charge is 0.481 e. The molecule has 2 aliphatic heterocycles. The number of fused-ring (bicyclic) bond motifs is 1. The van der Waals surface area contributed by atoms with Crippen molar-refractivity contribution in [3.63, 3.8) is 0 Å². The van der Waals surface area contributed by atoms with Crippen LogP contribution in [0.25, 0.3) is 11.2 Å². The number of aliphatic hydroxyl groups is 5. The third kappa shape index (κ3) is 9.74. The van der Waals surface area contributed by atoms with Gasteiger partial charge in [0.25, 0.3) is 12.1 Å². The molecule has 292 valence electrons. The van der Waals surface area contributed by atoms with Gasteiger partial charge in [-0.25, -0.2) is 24.1 Å². The highest BCUT2D eigenvalue weighted by Crippen LogP contribution is 2.60. The quantitative estimate of drug-likeness (QED) is 0.0451. The first kappa shape index (κ1) is 40.6. The number of ether oxygens (including phenoxy) is 2. The van der Waals surface area contributed by atoms with Crippen LogP contribution in [0.3, 0.4) is 0 Å². The number of carbonyl (C=O) groups excluding carboxylic acids is 2. The zero-order valence-corrected chi connectivity index (χ0v) is 29.1. The van der Waals surface area contributed by atoms with Crippen LogP contribution >= 0.6 is 15.6 Å². The molecule has 0 radical (unpaired) electrons. The molecule has 3 aromatic rings. The van der Waals surface area contributed by atoms with E-state index in [0.717, 1.165) is 6.33 Å². The Hall–Kier alpha value is -3.62. The van der Waals surface area contributed by atoms with E-state index in [1.807, 2.05) is 0 Å². The maximum absolute atomic E-state index is 12.6. The van der Waals surface area contributed by atoms with Crippen molar-refractivity contribution in [1.29, 1.82) is 0 Å². The Morgan fingerprint density at radius 3 is 2.32 bits per heavy atom. The number of phosphoric acid groups is 2. The fourth-order valence-corrected chi connectivity index (χ4v) is 7.32. The Balaban J connectivity index is 1.14. The lowest BCUT2D eigenvalue weighted by atomic mass is 10.1. The second-order valence-corrected chi connectivity index (χ2v) is 14.7. The van der Waals surface area contributed by atoms with Gasteiger partial charge < -0.3 is 66.9 Å². The summed E-state index contributed by atoms with van der Waals surface area (Å²) in [4.78, 5) is 56.2. The summed E-state index contributed by atoms with van der Waals surface area (Å²) in [5, 5.41) is 56.9. The van der Waals surface area contributed by atoms with E-state index < -0.39 is 95.9 Å². The van der Waals surface area contributed by atoms with Crippen molar-refractivity contribution >= 4 is 44.4 Å². The topological polar surface area (TPSA) is 380 Å². The minimum absolute atomic E-state index is 0.0438. The van der Waals surface area contributed by atoms with Crippen LogP contribution in [0.5, 0.6) is 0 Å². The molecule has 0 bridgehead atoms. The lowest BCUT2D eigenvalue weighted by Gasteiger charge is -2.20. The molecule has 2 aliphatic rings. The van der Waals surface area contributed by atoms with E-state index in [2.05, 4.69) is 29.9 Å². The Bertz CT molecular complexity index is 1870. The molecule has 53 heavy (non-hydrogen) atoms. The summed E-state index contributed by atoms with van der Waals surface area (Å²) in [7, 11) is -10.9. The van der Waals surface area contributed by atoms with Crippen molar-refractivity contribution in [3.8, 4) is 0 Å². The highest BCUT2D eigenvalue weighted by molar-refractivity contribution is 7.61. The number of imidazole rings is 1. The molecule has 13 N–H and O–H groups in total. The molecule has 5 heterocycles. The molecule has 5 rings (SSSR count). The Kier molecular flexibility index (Phi) is 12.9. The lowest BCUT2D eigenvalue weighted by molar-refractivity contribution is -0.765. The second-order valence-electron chi connectivity index (χ2n) is 11.7. The third-order valence-corrected chi connectivity index (χ3v) is 10.5. The number of amides is 2. The molecule has 0 saturated carbocycles. The fraction of sp³-hybridized carbons (Fsp3) is 0.538. The van der Waals surface area contributed by atoms with Crippen LogP contribution < -0.4 is 26.7 Å². The summed E-state index contributed by atoms with van der Waals surface area (Å²) < 4.78 is 52.5. The predicted molar refractivity (Wildman–Crippen MR) is 172 cm³/mol. The number of nitrogens with one attached hydrogen (secondary N) is 2. The van der Waals surface area contributed by atoms with Crippen molar-refractivity contribution in [2.24, 2.45) is 11.5 Å². The molecule has 2 saturated heterocycles. The molecule has 0 aliphatic carbocycles. The summed E-state index contributed by atoms with van der Waals surface area (Å²) in [5.74, 6) is -1.15. The van der Waals surface area contributed by atoms with E-state index in [9.17, 15) is 54.0 Å². The molecular weight excluding hydrogens is 756 g/mol. The molecule has 27 heteroatoms. The Morgan fingerprint density at radius 1 is 1.00 bits per heavy atom. The van der Waals surface area contributed by atoms with Gasteiger partial charge in [0, 0.05) is 19.2 Å². The molecule has 25 nitrogen and oxygen atoms in total. The number of rotatable bonds is 17. The zero-order chi connectivity index (χ0) is 38.7. The van der Waals surface area contributed by atoms with Crippen LogP contribution in [-0.2, 0) is 36.8 Å². The van der Waals surface area contributed by atoms with Crippen molar-refractivity contribution in [1.82, 2.24) is 24.8 Å². The monoisotopic (exact) mass is 794 g/mol.